The second-order valence-electron chi connectivity index (χ2n) is 9.68. The highest BCUT2D eigenvalue weighted by molar-refractivity contribution is 6.42. The lowest BCUT2D eigenvalue weighted by Gasteiger charge is -2.25. The van der Waals surface area contributed by atoms with E-state index in [1.807, 2.05) is 36.1 Å². The fourth-order valence-electron chi connectivity index (χ4n) is 5.33. The van der Waals surface area contributed by atoms with Crippen LogP contribution in [0, 0.1) is 19.8 Å². The van der Waals surface area contributed by atoms with Gasteiger partial charge in [-0.3, -0.25) is 4.79 Å². The van der Waals surface area contributed by atoms with Crippen LogP contribution in [0.3, 0.4) is 0 Å². The summed E-state index contributed by atoms with van der Waals surface area (Å²) in [5, 5.41) is 1.58. The van der Waals surface area contributed by atoms with E-state index in [4.69, 9.17) is 39.5 Å². The van der Waals surface area contributed by atoms with E-state index in [9.17, 15) is 4.79 Å². The summed E-state index contributed by atoms with van der Waals surface area (Å²) in [5.74, 6) is 0.658. The molecule has 2 aromatic heterocycles. The zero-order chi connectivity index (χ0) is 24.9. The Balaban J connectivity index is 1.43. The summed E-state index contributed by atoms with van der Waals surface area (Å²) in [6, 6.07) is 11.8. The van der Waals surface area contributed by atoms with Crippen molar-refractivity contribution in [2.75, 3.05) is 13.1 Å². The van der Waals surface area contributed by atoms with Crippen LogP contribution in [0.25, 0.3) is 0 Å². The number of ether oxygens (including phenoxy) is 1. The van der Waals surface area contributed by atoms with Crippen molar-refractivity contribution in [1.29, 1.82) is 0 Å². The van der Waals surface area contributed by atoms with Crippen molar-refractivity contribution < 1.29 is 9.53 Å². The number of carbonyl (C=O) groups excluding carboxylic acids is 1. The van der Waals surface area contributed by atoms with Crippen molar-refractivity contribution in [3.63, 3.8) is 0 Å². The molecule has 0 radical (unpaired) electrons. The predicted octanol–water partition coefficient (Wildman–Crippen LogP) is 7.12. The average Bonchev–Trinajstić information content (AvgIpc) is 3.47. The van der Waals surface area contributed by atoms with Gasteiger partial charge in [-0.1, -0.05) is 40.9 Å². The van der Waals surface area contributed by atoms with Crippen LogP contribution in [0.4, 0.5) is 0 Å². The molecule has 35 heavy (non-hydrogen) atoms. The van der Waals surface area contributed by atoms with E-state index in [0.717, 1.165) is 22.5 Å². The summed E-state index contributed by atoms with van der Waals surface area (Å²) in [6.45, 7) is 7.32. The fourth-order valence-corrected chi connectivity index (χ4v) is 5.75. The topological polar surface area (TPSA) is 47.4 Å². The molecule has 0 N–H and O–H groups in total. The molecule has 1 saturated carbocycles. The highest BCUT2D eigenvalue weighted by Gasteiger charge is 2.41. The van der Waals surface area contributed by atoms with E-state index in [2.05, 4.69) is 23.4 Å². The summed E-state index contributed by atoms with van der Waals surface area (Å²) >= 11 is 18.5. The van der Waals surface area contributed by atoms with E-state index in [1.54, 1.807) is 18.3 Å². The number of aryl methyl sites for hydroxylation is 1. The quantitative estimate of drug-likeness (QED) is 0.340. The van der Waals surface area contributed by atoms with Crippen LogP contribution < -0.4 is 4.74 Å². The number of likely N-dealkylation sites (tertiary alicyclic amines) is 1. The number of hydrogen-bond acceptors (Lipinski definition) is 3. The van der Waals surface area contributed by atoms with Gasteiger partial charge in [0.2, 0.25) is 5.88 Å². The molecule has 1 amide bonds. The first-order valence-electron chi connectivity index (χ1n) is 11.9. The van der Waals surface area contributed by atoms with Crippen LogP contribution in [0.2, 0.25) is 15.1 Å². The lowest BCUT2D eigenvalue weighted by atomic mass is 9.86. The Morgan fingerprint density at radius 2 is 1.83 bits per heavy atom. The van der Waals surface area contributed by atoms with Gasteiger partial charge in [0.05, 0.1) is 20.6 Å². The number of amides is 1. The van der Waals surface area contributed by atoms with E-state index in [-0.39, 0.29) is 23.8 Å². The monoisotopic (exact) mass is 531 g/mol. The van der Waals surface area contributed by atoms with Gasteiger partial charge in [-0.15, -0.1) is 0 Å². The number of aromatic nitrogens is 2. The van der Waals surface area contributed by atoms with Crippen LogP contribution in [0.5, 0.6) is 5.88 Å². The second-order valence-corrected chi connectivity index (χ2v) is 10.9. The third-order valence-corrected chi connectivity index (χ3v) is 8.22. The maximum absolute atomic E-state index is 13.7. The van der Waals surface area contributed by atoms with E-state index >= 15 is 0 Å². The van der Waals surface area contributed by atoms with Gasteiger partial charge in [0.15, 0.2) is 0 Å². The van der Waals surface area contributed by atoms with Crippen LogP contribution >= 0.6 is 34.8 Å². The first-order chi connectivity index (χ1) is 16.7. The molecule has 3 heterocycles. The van der Waals surface area contributed by atoms with Gasteiger partial charge >= 0.3 is 0 Å². The van der Waals surface area contributed by atoms with Crippen molar-refractivity contribution in [1.82, 2.24) is 14.5 Å². The molecule has 1 aliphatic heterocycles. The minimum atomic E-state index is -0.195. The summed E-state index contributed by atoms with van der Waals surface area (Å²) < 4.78 is 8.52. The molecule has 1 aromatic carbocycles. The maximum Gasteiger partial charge on any atom is 0.255 e. The van der Waals surface area contributed by atoms with Crippen LogP contribution in [-0.2, 0) is 0 Å². The Morgan fingerprint density at radius 3 is 2.49 bits per heavy atom. The minimum Gasteiger partial charge on any atom is -0.474 e. The molecule has 3 aromatic rings. The molecule has 2 aliphatic rings. The molecular formula is C27H28Cl3N3O2. The molecule has 8 heteroatoms. The average molecular weight is 533 g/mol. The number of carbonyl (C=O) groups is 1. The minimum absolute atomic E-state index is 0.0422. The summed E-state index contributed by atoms with van der Waals surface area (Å²) in [5.41, 5.74) is 4.04. The zero-order valence-corrected chi connectivity index (χ0v) is 22.2. The third-order valence-electron chi connectivity index (χ3n) is 7.26. The number of rotatable bonds is 6. The van der Waals surface area contributed by atoms with Gasteiger partial charge in [0.1, 0.15) is 6.10 Å². The van der Waals surface area contributed by atoms with Crippen molar-refractivity contribution in [2.24, 2.45) is 5.92 Å². The third kappa shape index (κ3) is 4.91. The van der Waals surface area contributed by atoms with Gasteiger partial charge in [0, 0.05) is 54.6 Å². The van der Waals surface area contributed by atoms with Crippen molar-refractivity contribution in [3.8, 4) is 5.88 Å². The number of halogens is 3. The first kappa shape index (κ1) is 24.5. The summed E-state index contributed by atoms with van der Waals surface area (Å²) in [6.07, 6.45) is 3.74. The highest BCUT2D eigenvalue weighted by atomic mass is 35.5. The molecular weight excluding hydrogens is 505 g/mol. The molecule has 0 bridgehead atoms. The summed E-state index contributed by atoms with van der Waals surface area (Å²) in [4.78, 5) is 20.0. The van der Waals surface area contributed by atoms with Gasteiger partial charge in [-0.2, -0.15) is 0 Å². The molecule has 5 nitrogen and oxygen atoms in total. The molecule has 2 fully saturated rings. The SMILES string of the molecule is Cc1cc(C(=O)N2C[C@@H]([C@@H](C)Oc3ccc(Cl)cn3)[C@H](c3ccc(Cl)c(Cl)c3)C2)c(C)n1C1CC1. The standard InChI is InChI=1S/C27H28Cl3N3O2/c1-15-10-21(16(2)33(15)20-6-7-20)27(34)32-13-22(17(3)35-26-9-5-19(28)12-31-26)23(14-32)18-4-8-24(29)25(30)11-18/h4-5,8-12,17,20,22-23H,6-7,13-14H2,1-3H3/t17-,22+,23+/m1/s1. The number of nitrogens with zero attached hydrogens (tertiary/aromatic N) is 3. The molecule has 1 saturated heterocycles. The summed E-state index contributed by atoms with van der Waals surface area (Å²) in [7, 11) is 0. The Labute approximate surface area is 220 Å². The van der Waals surface area contributed by atoms with E-state index in [1.165, 1.54) is 12.8 Å². The normalized spacial score (nSPS) is 20.8. The Kier molecular flexibility index (Phi) is 6.77. The van der Waals surface area contributed by atoms with Crippen molar-refractivity contribution in [3.05, 3.63) is 80.2 Å². The maximum atomic E-state index is 13.7. The van der Waals surface area contributed by atoms with Gasteiger partial charge in [0.25, 0.3) is 5.91 Å². The molecule has 3 atom stereocenters. The van der Waals surface area contributed by atoms with Crippen molar-refractivity contribution >= 4 is 40.7 Å². The van der Waals surface area contributed by atoms with Crippen LogP contribution in [-0.4, -0.2) is 39.6 Å². The largest absolute Gasteiger partial charge is 0.474 e. The lowest BCUT2D eigenvalue weighted by Crippen LogP contribution is -2.32. The van der Waals surface area contributed by atoms with E-state index < -0.39 is 0 Å². The number of pyridine rings is 1. The molecule has 0 spiro atoms. The smallest absolute Gasteiger partial charge is 0.255 e. The first-order valence-corrected chi connectivity index (χ1v) is 13.1. The van der Waals surface area contributed by atoms with Gasteiger partial charge < -0.3 is 14.2 Å². The second kappa shape index (κ2) is 9.68. The van der Waals surface area contributed by atoms with Gasteiger partial charge in [-0.25, -0.2) is 4.98 Å². The Morgan fingerprint density at radius 1 is 1.06 bits per heavy atom. The number of hydrogen-bond donors (Lipinski definition) is 0. The molecule has 1 aliphatic carbocycles. The van der Waals surface area contributed by atoms with Gasteiger partial charge in [-0.05, 0) is 63.4 Å². The van der Waals surface area contributed by atoms with Crippen molar-refractivity contribution in [2.45, 2.75) is 51.7 Å². The fraction of sp³-hybridized carbons (Fsp3) is 0.407. The Bertz CT molecular complexity index is 1250. The molecule has 5 rings (SSSR count). The Hall–Kier alpha value is -2.21. The number of benzene rings is 1. The molecule has 0 unspecified atom stereocenters. The lowest BCUT2D eigenvalue weighted by molar-refractivity contribution is 0.0769. The highest BCUT2D eigenvalue weighted by Crippen LogP contribution is 2.41. The molecule has 184 valence electrons. The van der Waals surface area contributed by atoms with E-state index in [0.29, 0.717) is 40.1 Å². The van der Waals surface area contributed by atoms with Crippen LogP contribution in [0.15, 0.2) is 42.6 Å². The van der Waals surface area contributed by atoms with Crippen LogP contribution in [0.1, 0.15) is 59.0 Å². The zero-order valence-electron chi connectivity index (χ0n) is 20.0. The predicted molar refractivity (Wildman–Crippen MR) is 140 cm³/mol.